The van der Waals surface area contributed by atoms with Crippen LogP contribution in [-0.4, -0.2) is 23.1 Å². The summed E-state index contributed by atoms with van der Waals surface area (Å²) in [6.07, 6.45) is 2.30. The van der Waals surface area contributed by atoms with Crippen molar-refractivity contribution in [3.63, 3.8) is 0 Å². The van der Waals surface area contributed by atoms with Gasteiger partial charge in [-0.25, -0.2) is 0 Å². The Morgan fingerprint density at radius 3 is 2.53 bits per heavy atom. The summed E-state index contributed by atoms with van der Waals surface area (Å²) in [5.41, 5.74) is 1.25. The van der Waals surface area contributed by atoms with Gasteiger partial charge in [-0.15, -0.1) is 11.8 Å². The van der Waals surface area contributed by atoms with Crippen molar-refractivity contribution in [2.75, 3.05) is 12.0 Å². The number of rotatable bonds is 6. The number of hydrogen-bond donors (Lipinski definition) is 1. The predicted molar refractivity (Wildman–Crippen MR) is 66.6 cm³/mol. The Morgan fingerprint density at radius 2 is 2.00 bits per heavy atom. The zero-order chi connectivity index (χ0) is 11.1. The molecule has 0 saturated carbocycles. The van der Waals surface area contributed by atoms with Crippen molar-refractivity contribution in [3.8, 4) is 0 Å². The van der Waals surface area contributed by atoms with E-state index < -0.39 is 5.97 Å². The van der Waals surface area contributed by atoms with Gasteiger partial charge in [0.15, 0.2) is 0 Å². The van der Waals surface area contributed by atoms with Crippen LogP contribution < -0.4 is 0 Å². The standard InChI is InChI=1S/C11H14O2S2/c1-14-10-4-2-9(3-5-10)8-15-7-6-11(12)13/h2-5H,6-8H2,1H3,(H,12,13). The number of carboxylic acid groups (broad SMARTS) is 1. The van der Waals surface area contributed by atoms with Gasteiger partial charge in [0.2, 0.25) is 0 Å². The van der Waals surface area contributed by atoms with E-state index in [-0.39, 0.29) is 6.42 Å². The van der Waals surface area contributed by atoms with Crippen molar-refractivity contribution >= 4 is 29.5 Å². The lowest BCUT2D eigenvalue weighted by atomic mass is 10.2. The number of carbonyl (C=O) groups is 1. The van der Waals surface area contributed by atoms with Crippen LogP contribution in [-0.2, 0) is 10.5 Å². The molecule has 0 atom stereocenters. The maximum absolute atomic E-state index is 10.3. The maximum Gasteiger partial charge on any atom is 0.304 e. The molecule has 1 N–H and O–H groups in total. The second-order valence-electron chi connectivity index (χ2n) is 3.04. The average molecular weight is 242 g/mol. The van der Waals surface area contributed by atoms with Gasteiger partial charge in [-0.05, 0) is 24.0 Å². The summed E-state index contributed by atoms with van der Waals surface area (Å²) < 4.78 is 0. The molecule has 0 heterocycles. The van der Waals surface area contributed by atoms with Gasteiger partial charge >= 0.3 is 5.97 Å². The SMILES string of the molecule is CSc1ccc(CSCCC(=O)O)cc1. The number of hydrogen-bond acceptors (Lipinski definition) is 3. The smallest absolute Gasteiger partial charge is 0.304 e. The number of thioether (sulfide) groups is 2. The normalized spacial score (nSPS) is 10.2. The van der Waals surface area contributed by atoms with E-state index in [9.17, 15) is 4.79 Å². The maximum atomic E-state index is 10.3. The fraction of sp³-hybridized carbons (Fsp3) is 0.364. The molecule has 0 saturated heterocycles. The molecule has 4 heteroatoms. The molecule has 0 amide bonds. The van der Waals surface area contributed by atoms with E-state index in [1.54, 1.807) is 23.5 Å². The monoisotopic (exact) mass is 242 g/mol. The molecule has 2 nitrogen and oxygen atoms in total. The third kappa shape index (κ3) is 5.14. The van der Waals surface area contributed by atoms with Crippen LogP contribution in [0.3, 0.4) is 0 Å². The Morgan fingerprint density at radius 1 is 1.33 bits per heavy atom. The molecule has 0 spiro atoms. The molecule has 1 rings (SSSR count). The minimum absolute atomic E-state index is 0.244. The summed E-state index contributed by atoms with van der Waals surface area (Å²) in [5.74, 6) is 0.849. The van der Waals surface area contributed by atoms with Crippen LogP contribution in [0.2, 0.25) is 0 Å². The summed E-state index contributed by atoms with van der Waals surface area (Å²) in [5, 5.41) is 8.46. The minimum Gasteiger partial charge on any atom is -0.481 e. The lowest BCUT2D eigenvalue weighted by Gasteiger charge is -2.01. The van der Waals surface area contributed by atoms with Crippen molar-refractivity contribution in [3.05, 3.63) is 29.8 Å². The van der Waals surface area contributed by atoms with E-state index in [0.29, 0.717) is 5.75 Å². The first-order chi connectivity index (χ1) is 7.22. The molecule has 15 heavy (non-hydrogen) atoms. The van der Waals surface area contributed by atoms with Crippen molar-refractivity contribution in [1.29, 1.82) is 0 Å². The highest BCUT2D eigenvalue weighted by atomic mass is 32.2. The van der Waals surface area contributed by atoms with Gasteiger partial charge in [0, 0.05) is 16.4 Å². The lowest BCUT2D eigenvalue weighted by Crippen LogP contribution is -1.96. The van der Waals surface area contributed by atoms with Crippen LogP contribution in [0.25, 0.3) is 0 Å². The molecule has 1 aromatic carbocycles. The Bertz CT molecular complexity index is 309. The summed E-state index contributed by atoms with van der Waals surface area (Å²) in [4.78, 5) is 11.5. The quantitative estimate of drug-likeness (QED) is 0.614. The molecule has 0 aliphatic rings. The van der Waals surface area contributed by atoms with E-state index in [1.165, 1.54) is 10.5 Å². The number of aliphatic carboxylic acids is 1. The molecule has 0 aliphatic heterocycles. The molecule has 0 aromatic heterocycles. The highest BCUT2D eigenvalue weighted by Crippen LogP contribution is 2.18. The summed E-state index contributed by atoms with van der Waals surface area (Å²) in [6, 6.07) is 8.38. The summed E-state index contributed by atoms with van der Waals surface area (Å²) >= 11 is 3.39. The van der Waals surface area contributed by atoms with Gasteiger partial charge in [0.25, 0.3) is 0 Å². The van der Waals surface area contributed by atoms with Crippen molar-refractivity contribution in [2.24, 2.45) is 0 Å². The predicted octanol–water partition coefficient (Wildman–Crippen LogP) is 3.12. The second kappa shape index (κ2) is 6.80. The summed E-state index contributed by atoms with van der Waals surface area (Å²) in [6.45, 7) is 0. The molecular weight excluding hydrogens is 228 g/mol. The molecule has 0 aliphatic carbocycles. The van der Waals surface area contributed by atoms with Crippen LogP contribution >= 0.6 is 23.5 Å². The van der Waals surface area contributed by atoms with Gasteiger partial charge in [-0.1, -0.05) is 12.1 Å². The minimum atomic E-state index is -0.722. The van der Waals surface area contributed by atoms with Gasteiger partial charge in [-0.3, -0.25) is 4.79 Å². The summed E-state index contributed by atoms with van der Waals surface area (Å²) in [7, 11) is 0. The van der Waals surface area contributed by atoms with Crippen LogP contribution in [0.1, 0.15) is 12.0 Å². The molecule has 0 bridgehead atoms. The van der Waals surface area contributed by atoms with E-state index in [0.717, 1.165) is 5.75 Å². The Labute approximate surface area is 98.5 Å². The van der Waals surface area contributed by atoms with Gasteiger partial charge in [-0.2, -0.15) is 11.8 Å². The van der Waals surface area contributed by atoms with E-state index in [2.05, 4.69) is 30.5 Å². The van der Waals surface area contributed by atoms with E-state index in [4.69, 9.17) is 5.11 Å². The highest BCUT2D eigenvalue weighted by Gasteiger charge is 1.98. The van der Waals surface area contributed by atoms with E-state index >= 15 is 0 Å². The van der Waals surface area contributed by atoms with Gasteiger partial charge < -0.3 is 5.11 Å². The second-order valence-corrected chi connectivity index (χ2v) is 5.03. The van der Waals surface area contributed by atoms with Crippen molar-refractivity contribution in [2.45, 2.75) is 17.1 Å². The fourth-order valence-electron chi connectivity index (χ4n) is 1.07. The van der Waals surface area contributed by atoms with E-state index in [1.807, 2.05) is 0 Å². The Hall–Kier alpha value is -0.610. The molecule has 0 fully saturated rings. The first-order valence-corrected chi connectivity index (χ1v) is 7.03. The lowest BCUT2D eigenvalue weighted by molar-refractivity contribution is -0.136. The fourth-order valence-corrected chi connectivity index (χ4v) is 2.37. The Kier molecular flexibility index (Phi) is 5.65. The van der Waals surface area contributed by atoms with Gasteiger partial charge in [0.1, 0.15) is 0 Å². The average Bonchev–Trinajstić information content (AvgIpc) is 2.25. The largest absolute Gasteiger partial charge is 0.481 e. The third-order valence-corrected chi connectivity index (χ3v) is 3.66. The zero-order valence-electron chi connectivity index (χ0n) is 8.60. The molecular formula is C11H14O2S2. The van der Waals surface area contributed by atoms with Gasteiger partial charge in [0.05, 0.1) is 6.42 Å². The number of carboxylic acids is 1. The molecule has 1 aromatic rings. The first-order valence-electron chi connectivity index (χ1n) is 4.65. The highest BCUT2D eigenvalue weighted by molar-refractivity contribution is 7.98. The van der Waals surface area contributed by atoms with Crippen LogP contribution in [0.5, 0.6) is 0 Å². The van der Waals surface area contributed by atoms with Crippen LogP contribution in [0.15, 0.2) is 29.2 Å². The number of benzene rings is 1. The first kappa shape index (κ1) is 12.5. The topological polar surface area (TPSA) is 37.3 Å². The van der Waals surface area contributed by atoms with Crippen LogP contribution in [0, 0.1) is 0 Å². The Balaban J connectivity index is 2.28. The molecule has 82 valence electrons. The molecule has 0 radical (unpaired) electrons. The zero-order valence-corrected chi connectivity index (χ0v) is 10.2. The third-order valence-electron chi connectivity index (χ3n) is 1.89. The van der Waals surface area contributed by atoms with Crippen molar-refractivity contribution < 1.29 is 9.90 Å². The van der Waals surface area contributed by atoms with Crippen molar-refractivity contribution in [1.82, 2.24) is 0 Å². The van der Waals surface area contributed by atoms with Crippen LogP contribution in [0.4, 0.5) is 0 Å². The molecule has 0 unspecified atom stereocenters.